The van der Waals surface area contributed by atoms with Crippen LogP contribution < -0.4 is 19.5 Å². The molecule has 2 saturated heterocycles. The molecule has 3 aromatic carbocycles. The number of likely N-dealkylation sites (tertiary alicyclic amines) is 1. The summed E-state index contributed by atoms with van der Waals surface area (Å²) >= 11 is 0. The highest BCUT2D eigenvalue weighted by Gasteiger charge is 2.54. The third kappa shape index (κ3) is 5.23. The summed E-state index contributed by atoms with van der Waals surface area (Å²) in [6.07, 6.45) is 0.627. The normalized spacial score (nSPS) is 18.7. The summed E-state index contributed by atoms with van der Waals surface area (Å²) in [6, 6.07) is 16.6. The molecule has 0 aromatic heterocycles. The van der Waals surface area contributed by atoms with Gasteiger partial charge < -0.3 is 29.2 Å². The van der Waals surface area contributed by atoms with Crippen LogP contribution >= 0.6 is 0 Å². The molecule has 3 aliphatic heterocycles. The Hall–Kier alpha value is -4.64. The minimum atomic E-state index is -1.09. The van der Waals surface area contributed by atoms with Crippen molar-refractivity contribution in [2.45, 2.75) is 31.2 Å². The largest absolute Gasteiger partial charge is 0.497 e. The summed E-state index contributed by atoms with van der Waals surface area (Å²) in [6.45, 7) is 0.997. The van der Waals surface area contributed by atoms with E-state index >= 15 is 0 Å². The number of amides is 3. The predicted molar refractivity (Wildman–Crippen MR) is 148 cm³/mol. The lowest BCUT2D eigenvalue weighted by atomic mass is 9.96. The summed E-state index contributed by atoms with van der Waals surface area (Å²) in [5.41, 5.74) is 0.483. The molecule has 1 N–H and O–H groups in total. The fourth-order valence-corrected chi connectivity index (χ4v) is 5.63. The molecular weight excluding hydrogens is 545 g/mol. The van der Waals surface area contributed by atoms with Gasteiger partial charge in [-0.15, -0.1) is 0 Å². The number of nitrogens with zero attached hydrogens (tertiary/aromatic N) is 2. The van der Waals surface area contributed by atoms with Crippen molar-refractivity contribution in [3.8, 4) is 17.2 Å². The molecule has 0 radical (unpaired) electrons. The Morgan fingerprint density at radius 1 is 0.929 bits per heavy atom. The molecule has 10 nitrogen and oxygen atoms in total. The fraction of sp³-hybridized carbons (Fsp3) is 0.323. The number of fused-ring (bicyclic) bond motifs is 1. The molecule has 3 amide bonds. The third-order valence-corrected chi connectivity index (χ3v) is 7.95. The van der Waals surface area contributed by atoms with Gasteiger partial charge in [-0.1, -0.05) is 6.07 Å². The lowest BCUT2D eigenvalue weighted by molar-refractivity contribution is -0.128. The number of piperidine rings is 1. The highest BCUT2D eigenvalue weighted by Crippen LogP contribution is 2.39. The summed E-state index contributed by atoms with van der Waals surface area (Å²) in [5.74, 6) is 0.476. The summed E-state index contributed by atoms with van der Waals surface area (Å²) in [7, 11) is 1.56. The number of hydrogen-bond acceptors (Lipinski definition) is 7. The zero-order chi connectivity index (χ0) is 29.3. The second-order valence-electron chi connectivity index (χ2n) is 10.4. The second-order valence-corrected chi connectivity index (χ2v) is 10.4. The van der Waals surface area contributed by atoms with E-state index in [0.29, 0.717) is 48.7 Å². The number of hydrogen-bond donors (Lipinski definition) is 1. The molecular formula is C31H30FN3O7. The molecule has 6 rings (SSSR count). The second kappa shape index (κ2) is 11.3. The smallest absolute Gasteiger partial charge is 0.256 e. The molecule has 42 heavy (non-hydrogen) atoms. The Kier molecular flexibility index (Phi) is 7.42. The van der Waals surface area contributed by atoms with E-state index in [0.717, 1.165) is 5.56 Å². The van der Waals surface area contributed by atoms with Crippen molar-refractivity contribution < 1.29 is 37.7 Å². The average Bonchev–Trinajstić information content (AvgIpc) is 3.64. The Labute approximate surface area is 241 Å². The van der Waals surface area contributed by atoms with Crippen LogP contribution in [-0.4, -0.2) is 72.9 Å². The molecule has 3 heterocycles. The van der Waals surface area contributed by atoms with Gasteiger partial charge in [0.2, 0.25) is 12.7 Å². The average molecular weight is 576 g/mol. The van der Waals surface area contributed by atoms with E-state index in [1.165, 1.54) is 29.2 Å². The van der Waals surface area contributed by atoms with E-state index in [2.05, 4.69) is 5.32 Å². The number of nitrogens with one attached hydrogen (secondary N) is 1. The number of carbonyl (C=O) groups excluding carboxylic acids is 3. The summed E-state index contributed by atoms with van der Waals surface area (Å²) < 4.78 is 35.9. The molecule has 0 bridgehead atoms. The van der Waals surface area contributed by atoms with Gasteiger partial charge >= 0.3 is 0 Å². The first-order valence-electron chi connectivity index (χ1n) is 13.7. The summed E-state index contributed by atoms with van der Waals surface area (Å²) in [5, 5.41) is 2.91. The maximum absolute atomic E-state index is 13.9. The lowest BCUT2D eigenvalue weighted by Gasteiger charge is -2.44. The zero-order valence-corrected chi connectivity index (χ0v) is 23.0. The van der Waals surface area contributed by atoms with Gasteiger partial charge in [-0.25, -0.2) is 4.39 Å². The SMILES string of the molecule is COc1ccc(C(=O)N2CCC3(CC2)OCC(C(=O)NCc2ccc4c(c2)OCO4)N3C(=O)c2ccc(F)cc2)cc1. The first-order chi connectivity index (χ1) is 20.4. The number of ether oxygens (including phenoxy) is 4. The van der Waals surface area contributed by atoms with E-state index in [4.69, 9.17) is 18.9 Å². The van der Waals surface area contributed by atoms with Gasteiger partial charge in [0.25, 0.3) is 11.8 Å². The van der Waals surface area contributed by atoms with Crippen LogP contribution in [0.1, 0.15) is 39.1 Å². The topological polar surface area (TPSA) is 107 Å². The van der Waals surface area contributed by atoms with Crippen LogP contribution in [-0.2, 0) is 16.1 Å². The Morgan fingerprint density at radius 2 is 1.60 bits per heavy atom. The van der Waals surface area contributed by atoms with E-state index in [1.54, 1.807) is 48.4 Å². The minimum Gasteiger partial charge on any atom is -0.497 e. The quantitative estimate of drug-likeness (QED) is 0.481. The molecule has 1 spiro atoms. The molecule has 1 unspecified atom stereocenters. The van der Waals surface area contributed by atoms with Gasteiger partial charge in [-0.05, 0) is 66.2 Å². The van der Waals surface area contributed by atoms with E-state index < -0.39 is 23.5 Å². The number of methoxy groups -OCH3 is 1. The van der Waals surface area contributed by atoms with Crippen LogP contribution in [0.3, 0.4) is 0 Å². The zero-order valence-electron chi connectivity index (χ0n) is 23.0. The van der Waals surface area contributed by atoms with Crippen LogP contribution in [0.2, 0.25) is 0 Å². The van der Waals surface area contributed by atoms with Crippen molar-refractivity contribution in [1.82, 2.24) is 15.1 Å². The van der Waals surface area contributed by atoms with Crippen molar-refractivity contribution in [3.63, 3.8) is 0 Å². The Morgan fingerprint density at radius 3 is 2.31 bits per heavy atom. The Bertz CT molecular complexity index is 1490. The van der Waals surface area contributed by atoms with Crippen LogP contribution in [0.5, 0.6) is 17.2 Å². The lowest BCUT2D eigenvalue weighted by Crippen LogP contribution is -2.59. The Balaban J connectivity index is 1.19. The maximum Gasteiger partial charge on any atom is 0.256 e. The molecule has 2 fully saturated rings. The van der Waals surface area contributed by atoms with E-state index in [1.807, 2.05) is 6.07 Å². The molecule has 3 aromatic rings. The van der Waals surface area contributed by atoms with Crippen molar-refractivity contribution in [2.24, 2.45) is 0 Å². The summed E-state index contributed by atoms with van der Waals surface area (Å²) in [4.78, 5) is 43.8. The van der Waals surface area contributed by atoms with Crippen LogP contribution in [0.15, 0.2) is 66.7 Å². The minimum absolute atomic E-state index is 0.00761. The van der Waals surface area contributed by atoms with Crippen molar-refractivity contribution in [3.05, 3.63) is 89.2 Å². The first-order valence-corrected chi connectivity index (χ1v) is 13.7. The van der Waals surface area contributed by atoms with Crippen molar-refractivity contribution >= 4 is 17.7 Å². The van der Waals surface area contributed by atoms with Crippen LogP contribution in [0.25, 0.3) is 0 Å². The molecule has 218 valence electrons. The predicted octanol–water partition coefficient (Wildman–Crippen LogP) is 3.35. The number of rotatable bonds is 6. The van der Waals surface area contributed by atoms with Crippen LogP contribution in [0, 0.1) is 5.82 Å². The number of halogens is 1. The van der Waals surface area contributed by atoms with E-state index in [-0.39, 0.29) is 37.3 Å². The van der Waals surface area contributed by atoms with Gasteiger partial charge in [0.1, 0.15) is 23.3 Å². The van der Waals surface area contributed by atoms with Gasteiger partial charge in [-0.2, -0.15) is 0 Å². The monoisotopic (exact) mass is 575 g/mol. The highest BCUT2D eigenvalue weighted by atomic mass is 19.1. The fourth-order valence-electron chi connectivity index (χ4n) is 5.63. The van der Waals surface area contributed by atoms with Gasteiger partial charge in [-0.3, -0.25) is 19.3 Å². The van der Waals surface area contributed by atoms with Gasteiger partial charge in [0, 0.05) is 43.6 Å². The highest BCUT2D eigenvalue weighted by molar-refractivity contribution is 5.98. The molecule has 1 atom stereocenters. The molecule has 3 aliphatic rings. The number of carbonyl (C=O) groups is 3. The molecule has 0 aliphatic carbocycles. The van der Waals surface area contributed by atoms with Crippen LogP contribution in [0.4, 0.5) is 4.39 Å². The van der Waals surface area contributed by atoms with Gasteiger partial charge in [0.05, 0.1) is 13.7 Å². The maximum atomic E-state index is 13.9. The van der Waals surface area contributed by atoms with Crippen molar-refractivity contribution in [1.29, 1.82) is 0 Å². The first kappa shape index (κ1) is 27.5. The standard InChI is InChI=1S/C31H30FN3O7/c1-39-24-9-5-21(6-10-24)29(37)34-14-12-31(13-15-34)35(30(38)22-3-7-23(32)8-4-22)25(18-42-31)28(36)33-17-20-2-11-26-27(16-20)41-19-40-26/h2-11,16,25H,12-15,17-19H2,1H3,(H,33,36). The van der Waals surface area contributed by atoms with Gasteiger partial charge in [0.15, 0.2) is 11.5 Å². The van der Waals surface area contributed by atoms with Crippen molar-refractivity contribution in [2.75, 3.05) is 33.6 Å². The molecule has 0 saturated carbocycles. The van der Waals surface area contributed by atoms with E-state index in [9.17, 15) is 18.8 Å². The molecule has 11 heteroatoms. The number of benzene rings is 3. The third-order valence-electron chi connectivity index (χ3n) is 7.95.